The number of rotatable bonds is 14. The Hall–Kier alpha value is -4.98. The number of carbonyl (C=O) groups excluding carboxylic acids is 1. The lowest BCUT2D eigenvalue weighted by Gasteiger charge is -2.28. The van der Waals surface area contributed by atoms with Crippen LogP contribution in [0.15, 0.2) is 105 Å². The third-order valence-corrected chi connectivity index (χ3v) is 10.2. The average Bonchev–Trinajstić information content (AvgIpc) is 3.83. The maximum atomic E-state index is 13.7. The fourth-order valence-corrected chi connectivity index (χ4v) is 7.24. The van der Waals surface area contributed by atoms with Gasteiger partial charge in [-0.3, -0.25) is 5.32 Å². The van der Waals surface area contributed by atoms with Gasteiger partial charge in [0.15, 0.2) is 27.1 Å². The van der Waals surface area contributed by atoms with E-state index < -0.39 is 33.5 Å². The van der Waals surface area contributed by atoms with Crippen LogP contribution >= 0.6 is 0 Å². The molecule has 1 unspecified atom stereocenters. The first-order chi connectivity index (χ1) is 23.2. The Bertz CT molecular complexity index is 1940. The van der Waals surface area contributed by atoms with Crippen molar-refractivity contribution in [3.63, 3.8) is 0 Å². The number of carbonyl (C=O) groups is 1. The molecule has 3 N–H and O–H groups in total. The smallest absolute Gasteiger partial charge is 0.413 e. The summed E-state index contributed by atoms with van der Waals surface area (Å²) in [6.45, 7) is 3.80. The molecule has 0 bridgehead atoms. The van der Waals surface area contributed by atoms with Gasteiger partial charge in [0.25, 0.3) is 0 Å². The first kappa shape index (κ1) is 32.9. The van der Waals surface area contributed by atoms with Crippen molar-refractivity contribution in [3.05, 3.63) is 103 Å². The predicted molar refractivity (Wildman–Crippen MR) is 175 cm³/mol. The Labute approximate surface area is 277 Å². The van der Waals surface area contributed by atoms with Gasteiger partial charge in [-0.05, 0) is 53.8 Å². The van der Waals surface area contributed by atoms with E-state index in [-0.39, 0.29) is 42.1 Å². The van der Waals surface area contributed by atoms with Gasteiger partial charge in [-0.25, -0.2) is 13.2 Å². The molecule has 0 fully saturated rings. The number of fused-ring (bicyclic) bond motifs is 2. The number of furan rings is 2. The summed E-state index contributed by atoms with van der Waals surface area (Å²) < 4.78 is 59.9. The summed E-state index contributed by atoms with van der Waals surface area (Å²) in [7, 11) is -3.91. The van der Waals surface area contributed by atoms with Crippen LogP contribution in [-0.4, -0.2) is 50.5 Å². The molecular formula is C35H36N2O10S. The third-order valence-electron chi connectivity index (χ3n) is 7.91. The Kier molecular flexibility index (Phi) is 9.90. The van der Waals surface area contributed by atoms with Crippen molar-refractivity contribution < 1.29 is 46.1 Å². The van der Waals surface area contributed by atoms with Crippen LogP contribution in [0.2, 0.25) is 0 Å². The van der Waals surface area contributed by atoms with Gasteiger partial charge in [0.2, 0.25) is 6.79 Å². The molecular weight excluding hydrogens is 640 g/mol. The summed E-state index contributed by atoms with van der Waals surface area (Å²) in [6, 6.07) is 22.3. The molecule has 2 aromatic heterocycles. The molecule has 12 nitrogen and oxygen atoms in total. The van der Waals surface area contributed by atoms with Crippen molar-refractivity contribution in [1.29, 1.82) is 0 Å². The van der Waals surface area contributed by atoms with E-state index >= 15 is 0 Å². The lowest BCUT2D eigenvalue weighted by molar-refractivity contribution is 0.117. The molecule has 0 spiro atoms. The van der Waals surface area contributed by atoms with Gasteiger partial charge in [-0.2, -0.15) is 0 Å². The van der Waals surface area contributed by atoms with E-state index in [1.807, 2.05) is 54.6 Å². The Morgan fingerprint density at radius 2 is 1.71 bits per heavy atom. The molecule has 1 aliphatic heterocycles. The highest BCUT2D eigenvalue weighted by atomic mass is 32.2. The monoisotopic (exact) mass is 676 g/mol. The van der Waals surface area contributed by atoms with E-state index in [9.17, 15) is 18.3 Å². The van der Waals surface area contributed by atoms with Crippen molar-refractivity contribution in [3.8, 4) is 23.0 Å². The van der Waals surface area contributed by atoms with Gasteiger partial charge in [-0.15, -0.1) is 0 Å². The molecule has 0 radical (unpaired) electrons. The quantitative estimate of drug-likeness (QED) is 0.138. The zero-order valence-corrected chi connectivity index (χ0v) is 27.1. The SMILES string of the molecule is CC(C)C(NC[C@@H](O)[C@H](Cc1ccc(OCc2ccccc2)cc1)NC(=O)Oc1coc2occc12)S(=O)(=O)c1ccc2c(c1)OCO2. The topological polar surface area (TPSA) is 159 Å². The van der Waals surface area contributed by atoms with Gasteiger partial charge >= 0.3 is 11.9 Å². The molecule has 252 valence electrons. The second-order valence-electron chi connectivity index (χ2n) is 11.7. The lowest BCUT2D eigenvalue weighted by atomic mass is 10.0. The zero-order valence-electron chi connectivity index (χ0n) is 26.3. The predicted octanol–water partition coefficient (Wildman–Crippen LogP) is 5.44. The molecule has 0 aliphatic carbocycles. The van der Waals surface area contributed by atoms with Gasteiger partial charge < -0.3 is 38.2 Å². The Morgan fingerprint density at radius 1 is 0.938 bits per heavy atom. The normalized spacial score (nSPS) is 14.5. The highest BCUT2D eigenvalue weighted by Gasteiger charge is 2.33. The minimum absolute atomic E-state index is 0.0185. The summed E-state index contributed by atoms with van der Waals surface area (Å²) >= 11 is 0. The minimum atomic E-state index is -3.91. The van der Waals surface area contributed by atoms with Crippen LogP contribution in [0.4, 0.5) is 4.79 Å². The first-order valence-corrected chi connectivity index (χ1v) is 17.0. The number of benzene rings is 3. The van der Waals surface area contributed by atoms with E-state index in [4.69, 9.17) is 27.8 Å². The fourth-order valence-electron chi connectivity index (χ4n) is 5.38. The van der Waals surface area contributed by atoms with Crippen LogP contribution in [0.1, 0.15) is 25.0 Å². The maximum Gasteiger partial charge on any atom is 0.413 e. The number of aliphatic hydroxyl groups excluding tert-OH is 1. The number of hydrogen-bond acceptors (Lipinski definition) is 11. The summed E-state index contributed by atoms with van der Waals surface area (Å²) in [5.41, 5.74) is 1.82. The van der Waals surface area contributed by atoms with Crippen LogP contribution in [0.25, 0.3) is 11.2 Å². The van der Waals surface area contributed by atoms with Crippen LogP contribution in [0.5, 0.6) is 23.0 Å². The van der Waals surface area contributed by atoms with E-state index in [2.05, 4.69) is 10.6 Å². The van der Waals surface area contributed by atoms with Gasteiger partial charge in [-0.1, -0.05) is 56.3 Å². The third kappa shape index (κ3) is 7.59. The van der Waals surface area contributed by atoms with Crippen LogP contribution in [0, 0.1) is 5.92 Å². The van der Waals surface area contributed by atoms with E-state index in [1.165, 1.54) is 24.7 Å². The molecule has 13 heteroatoms. The summed E-state index contributed by atoms with van der Waals surface area (Å²) in [5, 5.41) is 16.6. The van der Waals surface area contributed by atoms with Crippen molar-refractivity contribution in [1.82, 2.24) is 10.6 Å². The highest BCUT2D eigenvalue weighted by Crippen LogP contribution is 2.35. The van der Waals surface area contributed by atoms with Crippen molar-refractivity contribution in [2.24, 2.45) is 5.92 Å². The Morgan fingerprint density at radius 3 is 2.48 bits per heavy atom. The average molecular weight is 677 g/mol. The minimum Gasteiger partial charge on any atom is -0.489 e. The van der Waals surface area contributed by atoms with Gasteiger partial charge in [0.1, 0.15) is 29.4 Å². The molecule has 5 aromatic rings. The zero-order chi connectivity index (χ0) is 33.7. The molecule has 48 heavy (non-hydrogen) atoms. The molecule has 0 saturated heterocycles. The standard InChI is InChI=1S/C35H36N2O10S/c1-22(2)33(48(40,41)26-12-13-30-31(17-26)46-21-45-30)36-18-29(38)28(37-35(39)47-32-20-44-34-27(32)14-15-42-34)16-23-8-10-25(11-9-23)43-19-24-6-4-3-5-7-24/h3-15,17,20,22,28-29,33,36,38H,16,18-19,21H2,1-2H3,(H,37,39)/t28-,29+,33?/m0/s1. The van der Waals surface area contributed by atoms with Crippen molar-refractivity contribution in [2.45, 2.75) is 49.3 Å². The van der Waals surface area contributed by atoms with Crippen molar-refractivity contribution in [2.75, 3.05) is 13.3 Å². The number of amides is 1. The van der Waals surface area contributed by atoms with E-state index in [0.717, 1.165) is 11.1 Å². The first-order valence-electron chi connectivity index (χ1n) is 15.4. The van der Waals surface area contributed by atoms with Crippen LogP contribution in [-0.2, 0) is 22.9 Å². The Balaban J connectivity index is 1.16. The molecule has 3 aromatic carbocycles. The number of ether oxygens (including phenoxy) is 4. The van der Waals surface area contributed by atoms with Crippen LogP contribution < -0.4 is 29.6 Å². The van der Waals surface area contributed by atoms with Gasteiger partial charge in [0.05, 0.1) is 23.3 Å². The number of hydrogen-bond donors (Lipinski definition) is 3. The molecule has 1 aliphatic rings. The molecule has 6 rings (SSSR count). The van der Waals surface area contributed by atoms with Crippen LogP contribution in [0.3, 0.4) is 0 Å². The maximum absolute atomic E-state index is 13.7. The molecule has 3 atom stereocenters. The fraction of sp³-hybridized carbons (Fsp3) is 0.286. The number of sulfone groups is 1. The second-order valence-corrected chi connectivity index (χ2v) is 13.8. The van der Waals surface area contributed by atoms with Crippen molar-refractivity contribution >= 4 is 27.1 Å². The summed E-state index contributed by atoms with van der Waals surface area (Å²) in [5.74, 6) is 1.47. The number of aliphatic hydroxyl groups is 1. The molecule has 1 amide bonds. The lowest BCUT2D eigenvalue weighted by Crippen LogP contribution is -2.52. The second kappa shape index (κ2) is 14.4. The van der Waals surface area contributed by atoms with Gasteiger partial charge in [0, 0.05) is 12.6 Å². The highest BCUT2D eigenvalue weighted by molar-refractivity contribution is 7.92. The molecule has 0 saturated carbocycles. The van der Waals surface area contributed by atoms with E-state index in [1.54, 1.807) is 26.0 Å². The van der Waals surface area contributed by atoms with E-state index in [0.29, 0.717) is 29.2 Å². The number of nitrogens with one attached hydrogen (secondary N) is 2. The molecule has 3 heterocycles. The summed E-state index contributed by atoms with van der Waals surface area (Å²) in [6.07, 6.45) is 0.804. The largest absolute Gasteiger partial charge is 0.489 e. The summed E-state index contributed by atoms with van der Waals surface area (Å²) in [4.78, 5) is 13.1.